The Bertz CT molecular complexity index is 781. The third-order valence-corrected chi connectivity index (χ3v) is 4.85. The van der Waals surface area contributed by atoms with Crippen LogP contribution < -0.4 is 5.32 Å². The van der Waals surface area contributed by atoms with Gasteiger partial charge in [-0.25, -0.2) is 0 Å². The molecule has 1 aliphatic heterocycles. The average Bonchev–Trinajstić information content (AvgIpc) is 2.54. The summed E-state index contributed by atoms with van der Waals surface area (Å²) >= 11 is 1.84. The molecule has 0 fully saturated rings. The summed E-state index contributed by atoms with van der Waals surface area (Å²) in [5.41, 5.74) is 5.15. The second-order valence-electron chi connectivity index (χ2n) is 5.18. The molecule has 0 unspecified atom stereocenters. The molecule has 0 radical (unpaired) electrons. The summed E-state index contributed by atoms with van der Waals surface area (Å²) in [5, 5.41) is 3.61. The molecule has 0 spiro atoms. The highest BCUT2D eigenvalue weighted by Crippen LogP contribution is 2.45. The molecule has 3 aromatic carbocycles. The van der Waals surface area contributed by atoms with E-state index in [-0.39, 0.29) is 0 Å². The summed E-state index contributed by atoms with van der Waals surface area (Å²) in [6, 6.07) is 25.7. The molecule has 0 aromatic heterocycles. The molecule has 2 heteroatoms. The molecule has 3 aromatic rings. The van der Waals surface area contributed by atoms with Gasteiger partial charge < -0.3 is 5.32 Å². The Hall–Kier alpha value is -2.19. The van der Waals surface area contributed by atoms with Crippen molar-refractivity contribution in [3.8, 4) is 0 Å². The van der Waals surface area contributed by atoms with E-state index in [4.69, 9.17) is 0 Å². The van der Waals surface area contributed by atoms with Crippen LogP contribution in [0.4, 0.5) is 11.4 Å². The van der Waals surface area contributed by atoms with E-state index in [2.05, 4.69) is 78.1 Å². The fourth-order valence-corrected chi connectivity index (χ4v) is 3.72. The van der Waals surface area contributed by atoms with E-state index in [0.717, 1.165) is 6.42 Å². The van der Waals surface area contributed by atoms with Crippen molar-refractivity contribution < 1.29 is 0 Å². The summed E-state index contributed by atoms with van der Waals surface area (Å²) in [5.74, 6) is 0. The van der Waals surface area contributed by atoms with Crippen LogP contribution in [-0.4, -0.2) is 0 Å². The standard InChI is InChI=1S/C19H15NS/c1-2-7-14(8-3-1)13-15-9-6-12-18-19(15)20-16-10-4-5-11-17(16)21-18/h1-12,20H,13H2. The first kappa shape index (κ1) is 12.5. The number of anilines is 2. The van der Waals surface area contributed by atoms with Crippen molar-refractivity contribution in [1.82, 2.24) is 0 Å². The molecule has 1 heterocycles. The minimum Gasteiger partial charge on any atom is -0.353 e. The maximum absolute atomic E-state index is 3.61. The predicted octanol–water partition coefficient (Wildman–Crippen LogP) is 5.49. The Kier molecular flexibility index (Phi) is 3.17. The lowest BCUT2D eigenvalue weighted by molar-refractivity contribution is 1.16. The maximum Gasteiger partial charge on any atom is 0.0562 e. The molecular formula is C19H15NS. The van der Waals surface area contributed by atoms with Crippen LogP contribution >= 0.6 is 11.8 Å². The van der Waals surface area contributed by atoms with E-state index < -0.39 is 0 Å². The number of nitrogens with one attached hydrogen (secondary N) is 1. The molecule has 1 aliphatic rings. The number of para-hydroxylation sites is 2. The zero-order valence-electron chi connectivity index (χ0n) is 11.5. The van der Waals surface area contributed by atoms with Crippen molar-refractivity contribution in [2.24, 2.45) is 0 Å². The van der Waals surface area contributed by atoms with Crippen molar-refractivity contribution in [3.05, 3.63) is 83.9 Å². The van der Waals surface area contributed by atoms with Gasteiger partial charge in [-0.3, -0.25) is 0 Å². The quantitative estimate of drug-likeness (QED) is 0.524. The average molecular weight is 289 g/mol. The minimum atomic E-state index is 0.958. The molecule has 0 aliphatic carbocycles. The molecular weight excluding hydrogens is 274 g/mol. The van der Waals surface area contributed by atoms with Gasteiger partial charge in [-0.05, 0) is 35.7 Å². The summed E-state index contributed by atoms with van der Waals surface area (Å²) in [4.78, 5) is 2.60. The maximum atomic E-state index is 3.61. The fraction of sp³-hybridized carbons (Fsp3) is 0.0526. The summed E-state index contributed by atoms with van der Waals surface area (Å²) in [6.07, 6.45) is 0.958. The lowest BCUT2D eigenvalue weighted by Gasteiger charge is -2.23. The molecule has 0 atom stereocenters. The Morgan fingerprint density at radius 1 is 0.714 bits per heavy atom. The number of benzene rings is 3. The van der Waals surface area contributed by atoms with Gasteiger partial charge in [-0.15, -0.1) is 0 Å². The van der Waals surface area contributed by atoms with Crippen LogP contribution in [0, 0.1) is 0 Å². The van der Waals surface area contributed by atoms with Gasteiger partial charge in [-0.2, -0.15) is 0 Å². The van der Waals surface area contributed by atoms with Crippen molar-refractivity contribution in [1.29, 1.82) is 0 Å². The van der Waals surface area contributed by atoms with Crippen LogP contribution in [-0.2, 0) is 6.42 Å². The van der Waals surface area contributed by atoms with Gasteiger partial charge in [0.2, 0.25) is 0 Å². The van der Waals surface area contributed by atoms with E-state index in [9.17, 15) is 0 Å². The van der Waals surface area contributed by atoms with E-state index in [1.807, 2.05) is 11.8 Å². The lowest BCUT2D eigenvalue weighted by atomic mass is 10.0. The van der Waals surface area contributed by atoms with Crippen LogP contribution in [0.3, 0.4) is 0 Å². The highest BCUT2D eigenvalue weighted by Gasteiger charge is 2.17. The smallest absolute Gasteiger partial charge is 0.0562 e. The van der Waals surface area contributed by atoms with Gasteiger partial charge in [-0.1, -0.05) is 66.4 Å². The van der Waals surface area contributed by atoms with Gasteiger partial charge in [0.05, 0.1) is 11.4 Å². The van der Waals surface area contributed by atoms with E-state index in [0.29, 0.717) is 0 Å². The monoisotopic (exact) mass is 289 g/mol. The number of fused-ring (bicyclic) bond motifs is 2. The number of hydrogen-bond donors (Lipinski definition) is 1. The zero-order chi connectivity index (χ0) is 14.1. The Morgan fingerprint density at radius 3 is 2.38 bits per heavy atom. The summed E-state index contributed by atoms with van der Waals surface area (Å²) in [7, 11) is 0. The largest absolute Gasteiger partial charge is 0.353 e. The molecule has 0 bridgehead atoms. The Labute approximate surface area is 129 Å². The topological polar surface area (TPSA) is 12.0 Å². The second-order valence-corrected chi connectivity index (χ2v) is 6.26. The Balaban J connectivity index is 1.73. The molecule has 0 amide bonds. The lowest BCUT2D eigenvalue weighted by Crippen LogP contribution is -2.03. The van der Waals surface area contributed by atoms with Crippen LogP contribution in [0.5, 0.6) is 0 Å². The minimum absolute atomic E-state index is 0.958. The first-order valence-electron chi connectivity index (χ1n) is 7.10. The molecule has 102 valence electrons. The van der Waals surface area contributed by atoms with Crippen LogP contribution in [0.2, 0.25) is 0 Å². The summed E-state index contributed by atoms with van der Waals surface area (Å²) < 4.78 is 0. The highest BCUT2D eigenvalue weighted by atomic mass is 32.2. The molecule has 21 heavy (non-hydrogen) atoms. The third-order valence-electron chi connectivity index (χ3n) is 3.72. The first-order chi connectivity index (χ1) is 10.4. The van der Waals surface area contributed by atoms with E-state index in [1.54, 1.807) is 0 Å². The van der Waals surface area contributed by atoms with E-state index >= 15 is 0 Å². The highest BCUT2D eigenvalue weighted by molar-refractivity contribution is 7.99. The molecule has 1 N–H and O–H groups in total. The number of hydrogen-bond acceptors (Lipinski definition) is 2. The van der Waals surface area contributed by atoms with Crippen molar-refractivity contribution in [2.75, 3.05) is 5.32 Å². The zero-order valence-corrected chi connectivity index (χ0v) is 12.4. The van der Waals surface area contributed by atoms with Gasteiger partial charge >= 0.3 is 0 Å². The fourth-order valence-electron chi connectivity index (χ4n) is 2.68. The summed E-state index contributed by atoms with van der Waals surface area (Å²) in [6.45, 7) is 0. The third kappa shape index (κ3) is 2.43. The first-order valence-corrected chi connectivity index (χ1v) is 7.91. The Morgan fingerprint density at radius 2 is 1.48 bits per heavy atom. The van der Waals surface area contributed by atoms with Gasteiger partial charge in [0.15, 0.2) is 0 Å². The van der Waals surface area contributed by atoms with Crippen LogP contribution in [0.1, 0.15) is 11.1 Å². The van der Waals surface area contributed by atoms with Crippen LogP contribution in [0.25, 0.3) is 0 Å². The molecule has 0 saturated carbocycles. The van der Waals surface area contributed by atoms with Crippen LogP contribution in [0.15, 0.2) is 82.6 Å². The van der Waals surface area contributed by atoms with Crippen molar-refractivity contribution in [3.63, 3.8) is 0 Å². The second kappa shape index (κ2) is 5.30. The van der Waals surface area contributed by atoms with Gasteiger partial charge in [0, 0.05) is 9.79 Å². The SMILES string of the molecule is c1ccc(Cc2cccc3c2Nc2ccccc2S3)cc1. The van der Waals surface area contributed by atoms with Crippen molar-refractivity contribution >= 4 is 23.1 Å². The van der Waals surface area contributed by atoms with Gasteiger partial charge in [0.1, 0.15) is 0 Å². The van der Waals surface area contributed by atoms with Crippen molar-refractivity contribution in [2.45, 2.75) is 16.2 Å². The normalized spacial score (nSPS) is 12.2. The molecule has 0 saturated heterocycles. The molecule has 1 nitrogen and oxygen atoms in total. The molecule has 4 rings (SSSR count). The number of rotatable bonds is 2. The van der Waals surface area contributed by atoms with Gasteiger partial charge in [0.25, 0.3) is 0 Å². The predicted molar refractivity (Wildman–Crippen MR) is 89.5 cm³/mol. The van der Waals surface area contributed by atoms with E-state index in [1.165, 1.54) is 32.3 Å².